The number of rotatable bonds is 8. The zero-order chi connectivity index (χ0) is 13.4. The molecule has 0 amide bonds. The van der Waals surface area contributed by atoms with E-state index in [2.05, 4.69) is 33.0 Å². The molecule has 1 aliphatic rings. The van der Waals surface area contributed by atoms with Gasteiger partial charge in [0.25, 0.3) is 0 Å². The van der Waals surface area contributed by atoms with Gasteiger partial charge in [0.1, 0.15) is 0 Å². The lowest BCUT2D eigenvalue weighted by Gasteiger charge is -2.40. The zero-order valence-corrected chi connectivity index (χ0v) is 13.2. The van der Waals surface area contributed by atoms with Crippen molar-refractivity contribution in [2.24, 2.45) is 17.8 Å². The Morgan fingerprint density at radius 3 is 2.39 bits per heavy atom. The maximum absolute atomic E-state index is 3.89. The van der Waals surface area contributed by atoms with E-state index in [-0.39, 0.29) is 0 Å². The smallest absolute Gasteiger partial charge is 0.0124 e. The largest absolute Gasteiger partial charge is 0.313 e. The predicted octanol–water partition coefficient (Wildman–Crippen LogP) is 5.01. The monoisotopic (exact) mass is 253 g/mol. The lowest BCUT2D eigenvalue weighted by Crippen LogP contribution is -2.45. The summed E-state index contributed by atoms with van der Waals surface area (Å²) in [4.78, 5) is 0. The van der Waals surface area contributed by atoms with Crippen LogP contribution in [0.25, 0.3) is 0 Å². The Bertz CT molecular complexity index is 202. The lowest BCUT2D eigenvalue weighted by molar-refractivity contribution is 0.138. The van der Waals surface area contributed by atoms with E-state index in [1.807, 2.05) is 0 Å². The molecule has 108 valence electrons. The van der Waals surface area contributed by atoms with E-state index in [1.165, 1.54) is 57.9 Å². The van der Waals surface area contributed by atoms with Gasteiger partial charge in [-0.25, -0.2) is 0 Å². The van der Waals surface area contributed by atoms with Crippen LogP contribution in [-0.4, -0.2) is 12.6 Å². The van der Waals surface area contributed by atoms with Crippen molar-refractivity contribution in [2.45, 2.75) is 85.1 Å². The van der Waals surface area contributed by atoms with Crippen LogP contribution in [-0.2, 0) is 0 Å². The molecule has 1 N–H and O–H groups in total. The van der Waals surface area contributed by atoms with Gasteiger partial charge in [-0.2, -0.15) is 0 Å². The fourth-order valence-corrected chi connectivity index (χ4v) is 3.94. The molecule has 4 atom stereocenters. The van der Waals surface area contributed by atoms with Crippen LogP contribution in [0.5, 0.6) is 0 Å². The quantitative estimate of drug-likeness (QED) is 0.641. The second-order valence-corrected chi connectivity index (χ2v) is 6.36. The fraction of sp³-hybridized carbons (Fsp3) is 1.00. The molecule has 1 rings (SSSR count). The van der Waals surface area contributed by atoms with E-state index in [0.29, 0.717) is 0 Å². The molecular formula is C17H35N. The van der Waals surface area contributed by atoms with Gasteiger partial charge in [0.15, 0.2) is 0 Å². The van der Waals surface area contributed by atoms with Crippen molar-refractivity contribution in [3.8, 4) is 0 Å². The van der Waals surface area contributed by atoms with E-state index in [4.69, 9.17) is 0 Å². The van der Waals surface area contributed by atoms with Crippen molar-refractivity contribution in [3.63, 3.8) is 0 Å². The van der Waals surface area contributed by atoms with Gasteiger partial charge < -0.3 is 5.32 Å². The molecule has 0 saturated heterocycles. The number of hydrogen-bond acceptors (Lipinski definition) is 1. The van der Waals surface area contributed by atoms with Crippen molar-refractivity contribution in [1.29, 1.82) is 0 Å². The highest BCUT2D eigenvalue weighted by molar-refractivity contribution is 4.87. The maximum Gasteiger partial charge on any atom is 0.0124 e. The van der Waals surface area contributed by atoms with Crippen LogP contribution in [0.3, 0.4) is 0 Å². The molecule has 0 radical (unpaired) electrons. The number of nitrogens with one attached hydrogen (secondary N) is 1. The van der Waals surface area contributed by atoms with Gasteiger partial charge in [-0.1, -0.05) is 59.8 Å². The van der Waals surface area contributed by atoms with Crippen LogP contribution in [0.15, 0.2) is 0 Å². The Hall–Kier alpha value is -0.0400. The maximum atomic E-state index is 3.89. The molecule has 0 aromatic heterocycles. The molecule has 18 heavy (non-hydrogen) atoms. The second-order valence-electron chi connectivity index (χ2n) is 6.36. The van der Waals surface area contributed by atoms with Crippen LogP contribution < -0.4 is 5.32 Å². The second kappa shape index (κ2) is 8.96. The summed E-state index contributed by atoms with van der Waals surface area (Å²) in [5, 5.41) is 3.89. The summed E-state index contributed by atoms with van der Waals surface area (Å²) in [5.41, 5.74) is 0. The van der Waals surface area contributed by atoms with Crippen molar-refractivity contribution in [1.82, 2.24) is 5.32 Å². The summed E-state index contributed by atoms with van der Waals surface area (Å²) in [6, 6.07) is 0.773. The van der Waals surface area contributed by atoms with Gasteiger partial charge in [-0.15, -0.1) is 0 Å². The topological polar surface area (TPSA) is 12.0 Å². The average Bonchev–Trinajstić information content (AvgIpc) is 2.40. The van der Waals surface area contributed by atoms with Gasteiger partial charge in [-0.3, -0.25) is 0 Å². The van der Waals surface area contributed by atoms with Crippen molar-refractivity contribution < 1.29 is 0 Å². The first kappa shape index (κ1) is 16.0. The lowest BCUT2D eigenvalue weighted by atomic mass is 9.70. The fourth-order valence-electron chi connectivity index (χ4n) is 3.94. The first-order chi connectivity index (χ1) is 8.74. The molecule has 0 spiro atoms. The molecule has 4 unspecified atom stereocenters. The van der Waals surface area contributed by atoms with Crippen LogP contribution in [0, 0.1) is 17.8 Å². The normalized spacial score (nSPS) is 28.0. The molecule has 1 fully saturated rings. The predicted molar refractivity (Wildman–Crippen MR) is 81.9 cm³/mol. The van der Waals surface area contributed by atoms with Crippen LogP contribution in [0.2, 0.25) is 0 Å². The van der Waals surface area contributed by atoms with Gasteiger partial charge in [0, 0.05) is 6.04 Å². The molecule has 1 heteroatoms. The summed E-state index contributed by atoms with van der Waals surface area (Å²) in [6.07, 6.45) is 11.2. The average molecular weight is 253 g/mol. The minimum atomic E-state index is 0.773. The SMILES string of the molecule is CCCNC(C(C)CCC)C1CCCCC1CC. The summed E-state index contributed by atoms with van der Waals surface area (Å²) in [6.45, 7) is 10.7. The minimum absolute atomic E-state index is 0.773. The van der Waals surface area contributed by atoms with Crippen molar-refractivity contribution in [3.05, 3.63) is 0 Å². The highest BCUT2D eigenvalue weighted by Gasteiger charge is 2.32. The van der Waals surface area contributed by atoms with E-state index >= 15 is 0 Å². The Balaban J connectivity index is 2.65. The third-order valence-electron chi connectivity index (χ3n) is 4.94. The summed E-state index contributed by atoms with van der Waals surface area (Å²) in [7, 11) is 0. The molecule has 1 aliphatic carbocycles. The summed E-state index contributed by atoms with van der Waals surface area (Å²) < 4.78 is 0. The van der Waals surface area contributed by atoms with Crippen LogP contribution >= 0.6 is 0 Å². The van der Waals surface area contributed by atoms with E-state index in [0.717, 1.165) is 23.8 Å². The zero-order valence-electron chi connectivity index (χ0n) is 13.2. The first-order valence-corrected chi connectivity index (χ1v) is 8.47. The first-order valence-electron chi connectivity index (χ1n) is 8.47. The Morgan fingerprint density at radius 1 is 1.06 bits per heavy atom. The highest BCUT2D eigenvalue weighted by atomic mass is 14.9. The third-order valence-corrected chi connectivity index (χ3v) is 4.94. The van der Waals surface area contributed by atoms with Crippen LogP contribution in [0.1, 0.15) is 79.1 Å². The molecule has 1 nitrogen and oxygen atoms in total. The Morgan fingerprint density at radius 2 is 1.78 bits per heavy atom. The van der Waals surface area contributed by atoms with E-state index in [1.54, 1.807) is 0 Å². The van der Waals surface area contributed by atoms with Crippen LogP contribution in [0.4, 0.5) is 0 Å². The molecule has 0 aromatic rings. The summed E-state index contributed by atoms with van der Waals surface area (Å²) >= 11 is 0. The molecule has 0 bridgehead atoms. The standard InChI is InChI=1S/C17H35N/c1-5-10-14(4)17(18-13-6-2)16-12-9-8-11-15(16)7-3/h14-18H,5-13H2,1-4H3. The molecule has 0 aromatic carbocycles. The molecule has 0 aliphatic heterocycles. The Kier molecular flexibility index (Phi) is 7.97. The van der Waals surface area contributed by atoms with Gasteiger partial charge >= 0.3 is 0 Å². The summed E-state index contributed by atoms with van der Waals surface area (Å²) in [5.74, 6) is 2.77. The third kappa shape index (κ3) is 4.57. The van der Waals surface area contributed by atoms with E-state index < -0.39 is 0 Å². The van der Waals surface area contributed by atoms with Crippen molar-refractivity contribution in [2.75, 3.05) is 6.54 Å². The molecule has 0 heterocycles. The molecular weight excluding hydrogens is 218 g/mol. The van der Waals surface area contributed by atoms with Gasteiger partial charge in [0.2, 0.25) is 0 Å². The van der Waals surface area contributed by atoms with Gasteiger partial charge in [0.05, 0.1) is 0 Å². The molecule has 1 saturated carbocycles. The Labute approximate surface area is 115 Å². The van der Waals surface area contributed by atoms with E-state index in [9.17, 15) is 0 Å². The minimum Gasteiger partial charge on any atom is -0.313 e. The highest BCUT2D eigenvalue weighted by Crippen LogP contribution is 2.37. The van der Waals surface area contributed by atoms with Gasteiger partial charge in [-0.05, 0) is 43.6 Å². The van der Waals surface area contributed by atoms with Crippen molar-refractivity contribution >= 4 is 0 Å². The number of hydrogen-bond donors (Lipinski definition) is 1.